The number of carbonyl (C=O) groups is 1. The zero-order valence-corrected chi connectivity index (χ0v) is 7.58. The van der Waals surface area contributed by atoms with Crippen LogP contribution in [0.2, 0.25) is 0 Å². The number of hydrogen-bond donors (Lipinski definition) is 0. The van der Waals surface area contributed by atoms with Crippen LogP contribution in [0.1, 0.15) is 39.0 Å². The quantitative estimate of drug-likeness (QED) is 0.590. The SMILES string of the molecule is CCC(=O)O[C@H]1CC2CCC1C2. The average molecular weight is 168 g/mol. The van der Waals surface area contributed by atoms with Crippen LogP contribution in [0.25, 0.3) is 0 Å². The number of fused-ring (bicyclic) bond motifs is 2. The highest BCUT2D eigenvalue weighted by Crippen LogP contribution is 2.45. The molecule has 2 rings (SSSR count). The van der Waals surface area contributed by atoms with E-state index in [9.17, 15) is 4.79 Å². The molecule has 2 saturated carbocycles. The molecular weight excluding hydrogens is 152 g/mol. The van der Waals surface area contributed by atoms with Gasteiger partial charge in [-0.15, -0.1) is 0 Å². The predicted octanol–water partition coefficient (Wildman–Crippen LogP) is 2.13. The van der Waals surface area contributed by atoms with E-state index in [1.807, 2.05) is 6.92 Å². The number of carbonyl (C=O) groups excluding carboxylic acids is 1. The third kappa shape index (κ3) is 1.35. The van der Waals surface area contributed by atoms with Gasteiger partial charge in [0.15, 0.2) is 0 Å². The average Bonchev–Trinajstić information content (AvgIpc) is 2.64. The van der Waals surface area contributed by atoms with Crippen LogP contribution in [-0.2, 0) is 9.53 Å². The summed E-state index contributed by atoms with van der Waals surface area (Å²) >= 11 is 0. The molecule has 0 saturated heterocycles. The molecule has 0 aliphatic heterocycles. The van der Waals surface area contributed by atoms with E-state index >= 15 is 0 Å². The van der Waals surface area contributed by atoms with E-state index in [4.69, 9.17) is 4.74 Å². The van der Waals surface area contributed by atoms with Gasteiger partial charge < -0.3 is 4.74 Å². The molecule has 2 unspecified atom stereocenters. The van der Waals surface area contributed by atoms with Gasteiger partial charge in [-0.1, -0.05) is 6.92 Å². The highest BCUT2D eigenvalue weighted by molar-refractivity contribution is 5.69. The maximum absolute atomic E-state index is 11.0. The molecule has 68 valence electrons. The van der Waals surface area contributed by atoms with Crippen molar-refractivity contribution in [3.63, 3.8) is 0 Å². The maximum Gasteiger partial charge on any atom is 0.305 e. The Balaban J connectivity index is 1.86. The zero-order chi connectivity index (χ0) is 8.55. The Morgan fingerprint density at radius 1 is 1.42 bits per heavy atom. The first-order valence-electron chi connectivity index (χ1n) is 4.99. The molecule has 0 aromatic rings. The molecular formula is C10H16O2. The van der Waals surface area contributed by atoms with Crippen molar-refractivity contribution in [2.75, 3.05) is 0 Å². The van der Waals surface area contributed by atoms with Gasteiger partial charge in [-0.2, -0.15) is 0 Å². The van der Waals surface area contributed by atoms with Crippen molar-refractivity contribution in [3.8, 4) is 0 Å². The largest absolute Gasteiger partial charge is 0.462 e. The monoisotopic (exact) mass is 168 g/mol. The van der Waals surface area contributed by atoms with Crippen LogP contribution >= 0.6 is 0 Å². The van der Waals surface area contributed by atoms with Crippen LogP contribution in [0.5, 0.6) is 0 Å². The second kappa shape index (κ2) is 3.08. The fourth-order valence-electron chi connectivity index (χ4n) is 2.58. The molecule has 12 heavy (non-hydrogen) atoms. The molecule has 2 heteroatoms. The molecule has 0 amide bonds. The Bertz CT molecular complexity index is 188. The van der Waals surface area contributed by atoms with Crippen LogP contribution < -0.4 is 0 Å². The minimum absolute atomic E-state index is 0.0208. The third-order valence-electron chi connectivity index (χ3n) is 3.24. The van der Waals surface area contributed by atoms with Crippen LogP contribution in [0.3, 0.4) is 0 Å². The lowest BCUT2D eigenvalue weighted by Crippen LogP contribution is -2.23. The molecule has 0 spiro atoms. The smallest absolute Gasteiger partial charge is 0.305 e. The van der Waals surface area contributed by atoms with E-state index in [0.717, 1.165) is 12.3 Å². The first-order chi connectivity index (χ1) is 5.79. The van der Waals surface area contributed by atoms with Crippen LogP contribution in [-0.4, -0.2) is 12.1 Å². The maximum atomic E-state index is 11.0. The normalized spacial score (nSPS) is 38.6. The topological polar surface area (TPSA) is 26.3 Å². The fraction of sp³-hybridized carbons (Fsp3) is 0.900. The molecule has 2 nitrogen and oxygen atoms in total. The summed E-state index contributed by atoms with van der Waals surface area (Å²) < 4.78 is 5.36. The third-order valence-corrected chi connectivity index (χ3v) is 3.24. The summed E-state index contributed by atoms with van der Waals surface area (Å²) in [4.78, 5) is 11.0. The van der Waals surface area contributed by atoms with Crippen LogP contribution in [0.15, 0.2) is 0 Å². The second-order valence-corrected chi connectivity index (χ2v) is 4.06. The molecule has 2 aliphatic rings. The first kappa shape index (κ1) is 8.09. The van der Waals surface area contributed by atoms with Crippen molar-refractivity contribution < 1.29 is 9.53 Å². The molecule has 0 aromatic heterocycles. The molecule has 0 heterocycles. The van der Waals surface area contributed by atoms with Crippen molar-refractivity contribution in [1.82, 2.24) is 0 Å². The Kier molecular flexibility index (Phi) is 2.07. The van der Waals surface area contributed by atoms with Gasteiger partial charge in [-0.25, -0.2) is 0 Å². The van der Waals surface area contributed by atoms with E-state index in [2.05, 4.69) is 0 Å². The highest BCUT2D eigenvalue weighted by atomic mass is 16.5. The lowest BCUT2D eigenvalue weighted by atomic mass is 9.98. The predicted molar refractivity (Wildman–Crippen MR) is 45.6 cm³/mol. The Hall–Kier alpha value is -0.530. The van der Waals surface area contributed by atoms with E-state index in [0.29, 0.717) is 12.3 Å². The Morgan fingerprint density at radius 2 is 2.25 bits per heavy atom. The van der Waals surface area contributed by atoms with Gasteiger partial charge in [0.05, 0.1) is 0 Å². The molecule has 2 bridgehead atoms. The molecule has 0 N–H and O–H groups in total. The lowest BCUT2D eigenvalue weighted by molar-refractivity contribution is -0.151. The molecule has 0 aromatic carbocycles. The number of rotatable bonds is 2. The van der Waals surface area contributed by atoms with Crippen molar-refractivity contribution in [2.45, 2.75) is 45.1 Å². The lowest BCUT2D eigenvalue weighted by Gasteiger charge is -2.21. The second-order valence-electron chi connectivity index (χ2n) is 4.06. The fourth-order valence-corrected chi connectivity index (χ4v) is 2.58. The summed E-state index contributed by atoms with van der Waals surface area (Å²) in [6.45, 7) is 1.86. The standard InChI is InChI=1S/C10H16O2/c1-2-10(11)12-9-6-7-3-4-8(9)5-7/h7-9H,2-6H2,1H3/t7?,8?,9-/m0/s1. The first-order valence-corrected chi connectivity index (χ1v) is 4.99. The van der Waals surface area contributed by atoms with E-state index in [1.165, 1.54) is 19.3 Å². The summed E-state index contributed by atoms with van der Waals surface area (Å²) in [6, 6.07) is 0. The minimum atomic E-state index is -0.0208. The summed E-state index contributed by atoms with van der Waals surface area (Å²) in [5.41, 5.74) is 0. The summed E-state index contributed by atoms with van der Waals surface area (Å²) in [5.74, 6) is 1.54. The van der Waals surface area contributed by atoms with Crippen molar-refractivity contribution in [2.24, 2.45) is 11.8 Å². The van der Waals surface area contributed by atoms with Gasteiger partial charge >= 0.3 is 5.97 Å². The van der Waals surface area contributed by atoms with E-state index < -0.39 is 0 Å². The van der Waals surface area contributed by atoms with Gasteiger partial charge in [-0.3, -0.25) is 4.79 Å². The van der Waals surface area contributed by atoms with E-state index in [-0.39, 0.29) is 12.1 Å². The minimum Gasteiger partial charge on any atom is -0.462 e. The molecule has 2 fully saturated rings. The summed E-state index contributed by atoms with van der Waals surface area (Å²) in [6.07, 6.45) is 5.89. The Morgan fingerprint density at radius 3 is 2.75 bits per heavy atom. The number of hydrogen-bond acceptors (Lipinski definition) is 2. The zero-order valence-electron chi connectivity index (χ0n) is 7.58. The van der Waals surface area contributed by atoms with Gasteiger partial charge in [0.2, 0.25) is 0 Å². The van der Waals surface area contributed by atoms with Gasteiger partial charge in [0, 0.05) is 6.42 Å². The van der Waals surface area contributed by atoms with Gasteiger partial charge in [0.25, 0.3) is 0 Å². The molecule has 0 radical (unpaired) electrons. The number of esters is 1. The van der Waals surface area contributed by atoms with Crippen LogP contribution in [0.4, 0.5) is 0 Å². The van der Waals surface area contributed by atoms with Gasteiger partial charge in [0.1, 0.15) is 6.10 Å². The molecule has 2 aliphatic carbocycles. The van der Waals surface area contributed by atoms with E-state index in [1.54, 1.807) is 0 Å². The number of ether oxygens (including phenoxy) is 1. The summed E-state index contributed by atoms with van der Waals surface area (Å²) in [5, 5.41) is 0. The Labute approximate surface area is 73.3 Å². The van der Waals surface area contributed by atoms with Crippen molar-refractivity contribution >= 4 is 5.97 Å². The summed E-state index contributed by atoms with van der Waals surface area (Å²) in [7, 11) is 0. The van der Waals surface area contributed by atoms with Crippen molar-refractivity contribution in [3.05, 3.63) is 0 Å². The van der Waals surface area contributed by atoms with Gasteiger partial charge in [-0.05, 0) is 37.5 Å². The van der Waals surface area contributed by atoms with Crippen LogP contribution in [0, 0.1) is 11.8 Å². The highest BCUT2D eigenvalue weighted by Gasteiger charge is 2.41. The van der Waals surface area contributed by atoms with Crippen molar-refractivity contribution in [1.29, 1.82) is 0 Å². The molecule has 3 atom stereocenters.